The van der Waals surface area contributed by atoms with E-state index >= 15 is 0 Å². The van der Waals surface area contributed by atoms with Crippen LogP contribution in [0.1, 0.15) is 48.5 Å². The van der Waals surface area contributed by atoms with Crippen LogP contribution < -0.4 is 5.32 Å². The fourth-order valence-corrected chi connectivity index (χ4v) is 3.11. The van der Waals surface area contributed by atoms with E-state index in [4.69, 9.17) is 0 Å². The molecule has 21 heavy (non-hydrogen) atoms. The second-order valence-corrected chi connectivity index (χ2v) is 5.74. The number of hydrogen-bond donors (Lipinski definition) is 2. The molecule has 0 radical (unpaired) electrons. The molecule has 2 rings (SSSR count). The molecule has 1 saturated carbocycles. The third-order valence-corrected chi connectivity index (χ3v) is 4.14. The second-order valence-electron chi connectivity index (χ2n) is 5.74. The summed E-state index contributed by atoms with van der Waals surface area (Å²) in [7, 11) is 0. The highest BCUT2D eigenvalue weighted by molar-refractivity contribution is 6.00. The summed E-state index contributed by atoms with van der Waals surface area (Å²) in [6.45, 7) is 5.25. The van der Waals surface area contributed by atoms with Crippen molar-refractivity contribution in [2.24, 2.45) is 0 Å². The Balaban J connectivity index is 2.28. The number of anilines is 1. The summed E-state index contributed by atoms with van der Waals surface area (Å²) >= 11 is 0. The predicted octanol–water partition coefficient (Wildman–Crippen LogP) is 2.80. The topological polar surface area (TPSA) is 52.6 Å². The van der Waals surface area contributed by atoms with Gasteiger partial charge in [0.15, 0.2) is 0 Å². The largest absolute Gasteiger partial charge is 0.395 e. The summed E-state index contributed by atoms with van der Waals surface area (Å²) in [5, 5.41) is 12.6. The molecule has 0 saturated heterocycles. The molecule has 1 fully saturated rings. The van der Waals surface area contributed by atoms with Crippen molar-refractivity contribution < 1.29 is 9.90 Å². The Hall–Kier alpha value is -1.55. The highest BCUT2D eigenvalue weighted by atomic mass is 16.3. The van der Waals surface area contributed by atoms with Gasteiger partial charge in [-0.15, -0.1) is 0 Å². The van der Waals surface area contributed by atoms with Gasteiger partial charge >= 0.3 is 0 Å². The highest BCUT2D eigenvalue weighted by Gasteiger charge is 2.28. The Morgan fingerprint density at radius 3 is 2.71 bits per heavy atom. The molecule has 4 nitrogen and oxygen atoms in total. The van der Waals surface area contributed by atoms with E-state index in [2.05, 4.69) is 5.32 Å². The van der Waals surface area contributed by atoms with Crippen molar-refractivity contribution >= 4 is 11.6 Å². The van der Waals surface area contributed by atoms with Crippen LogP contribution in [-0.2, 0) is 0 Å². The van der Waals surface area contributed by atoms with Gasteiger partial charge < -0.3 is 15.3 Å². The predicted molar refractivity (Wildman–Crippen MR) is 85.7 cm³/mol. The molecule has 1 aliphatic carbocycles. The van der Waals surface area contributed by atoms with Crippen LogP contribution >= 0.6 is 0 Å². The van der Waals surface area contributed by atoms with Gasteiger partial charge in [-0.3, -0.25) is 4.79 Å². The number of nitrogens with zero attached hydrogens (tertiary/aromatic N) is 1. The number of amides is 1. The lowest BCUT2D eigenvalue weighted by Gasteiger charge is -2.29. The minimum atomic E-state index is 0.0184. The molecule has 0 aliphatic heterocycles. The Bertz CT molecular complexity index is 482. The Kier molecular flexibility index (Phi) is 5.62. The maximum absolute atomic E-state index is 12.9. The van der Waals surface area contributed by atoms with Gasteiger partial charge in [0.1, 0.15) is 0 Å². The van der Waals surface area contributed by atoms with Crippen molar-refractivity contribution in [2.45, 2.75) is 45.6 Å². The average Bonchev–Trinajstić information content (AvgIpc) is 3.00. The maximum atomic E-state index is 12.9. The van der Waals surface area contributed by atoms with Crippen LogP contribution in [0.2, 0.25) is 0 Å². The van der Waals surface area contributed by atoms with Crippen LogP contribution in [0.15, 0.2) is 18.2 Å². The molecular formula is C17H26N2O2. The van der Waals surface area contributed by atoms with Crippen LogP contribution in [0.25, 0.3) is 0 Å². The van der Waals surface area contributed by atoms with Crippen LogP contribution in [-0.4, -0.2) is 41.7 Å². The molecule has 0 aromatic heterocycles. The number of benzene rings is 1. The molecule has 1 aliphatic rings. The number of aliphatic hydroxyl groups excluding tert-OH is 1. The van der Waals surface area contributed by atoms with Crippen LogP contribution in [0, 0.1) is 6.92 Å². The Morgan fingerprint density at radius 1 is 1.38 bits per heavy atom. The third kappa shape index (κ3) is 3.76. The molecule has 2 N–H and O–H groups in total. The quantitative estimate of drug-likeness (QED) is 0.847. The summed E-state index contributed by atoms with van der Waals surface area (Å²) in [6.07, 6.45) is 4.45. The number of aryl methyl sites for hydroxylation is 1. The molecule has 4 heteroatoms. The SMILES string of the molecule is CCNc1ccc(C)cc1C(=O)N(CCO)C1CCCC1. The van der Waals surface area contributed by atoms with E-state index in [1.54, 1.807) is 0 Å². The second kappa shape index (κ2) is 7.46. The molecule has 1 aromatic rings. The molecular weight excluding hydrogens is 264 g/mol. The summed E-state index contributed by atoms with van der Waals surface area (Å²) in [5.41, 5.74) is 2.68. The van der Waals surface area contributed by atoms with Gasteiger partial charge in [-0.1, -0.05) is 24.5 Å². The van der Waals surface area contributed by atoms with Crippen molar-refractivity contribution in [3.8, 4) is 0 Å². The first-order valence-electron chi connectivity index (χ1n) is 7.93. The van der Waals surface area contributed by atoms with Crippen LogP contribution in [0.4, 0.5) is 5.69 Å². The first-order valence-corrected chi connectivity index (χ1v) is 7.93. The smallest absolute Gasteiger partial charge is 0.256 e. The molecule has 116 valence electrons. The van der Waals surface area contributed by atoms with Gasteiger partial charge in [-0.2, -0.15) is 0 Å². The molecule has 0 spiro atoms. The van der Waals surface area contributed by atoms with E-state index < -0.39 is 0 Å². The first kappa shape index (κ1) is 15.8. The van der Waals surface area contributed by atoms with E-state index in [0.29, 0.717) is 6.54 Å². The summed E-state index contributed by atoms with van der Waals surface area (Å²) in [4.78, 5) is 14.8. The fourth-order valence-electron chi connectivity index (χ4n) is 3.11. The van der Waals surface area contributed by atoms with E-state index in [9.17, 15) is 9.90 Å². The van der Waals surface area contributed by atoms with Crippen molar-refractivity contribution in [3.05, 3.63) is 29.3 Å². The van der Waals surface area contributed by atoms with Crippen molar-refractivity contribution in [1.82, 2.24) is 4.90 Å². The minimum Gasteiger partial charge on any atom is -0.395 e. The lowest BCUT2D eigenvalue weighted by molar-refractivity contribution is 0.0639. The Labute approximate surface area is 127 Å². The number of hydrogen-bond acceptors (Lipinski definition) is 3. The summed E-state index contributed by atoms with van der Waals surface area (Å²) in [6, 6.07) is 6.21. The number of nitrogens with one attached hydrogen (secondary N) is 1. The molecule has 0 heterocycles. The molecule has 0 unspecified atom stereocenters. The third-order valence-electron chi connectivity index (χ3n) is 4.14. The molecule has 1 amide bonds. The van der Waals surface area contributed by atoms with Crippen molar-refractivity contribution in [1.29, 1.82) is 0 Å². The highest BCUT2D eigenvalue weighted by Crippen LogP contribution is 2.27. The monoisotopic (exact) mass is 290 g/mol. The standard InChI is InChI=1S/C17H26N2O2/c1-3-18-16-9-8-13(2)12-15(16)17(21)19(10-11-20)14-6-4-5-7-14/h8-9,12,14,18,20H,3-7,10-11H2,1-2H3. The molecule has 1 aromatic carbocycles. The van der Waals surface area contributed by atoms with Crippen molar-refractivity contribution in [3.63, 3.8) is 0 Å². The number of aliphatic hydroxyl groups is 1. The van der Waals surface area contributed by atoms with E-state index in [1.165, 1.54) is 12.8 Å². The average molecular weight is 290 g/mol. The van der Waals surface area contributed by atoms with Gasteiger partial charge in [0.05, 0.1) is 12.2 Å². The zero-order valence-corrected chi connectivity index (χ0v) is 13.1. The Morgan fingerprint density at radius 2 is 2.10 bits per heavy atom. The minimum absolute atomic E-state index is 0.0184. The van der Waals surface area contributed by atoms with E-state index in [-0.39, 0.29) is 18.6 Å². The summed E-state index contributed by atoms with van der Waals surface area (Å²) < 4.78 is 0. The summed E-state index contributed by atoms with van der Waals surface area (Å²) in [5.74, 6) is 0.0376. The first-order chi connectivity index (χ1) is 10.2. The number of carbonyl (C=O) groups excluding carboxylic acids is 1. The van der Waals surface area contributed by atoms with Crippen molar-refractivity contribution in [2.75, 3.05) is 25.0 Å². The van der Waals surface area contributed by atoms with Gasteiger partial charge in [0, 0.05) is 24.8 Å². The van der Waals surface area contributed by atoms with Gasteiger partial charge in [-0.05, 0) is 38.8 Å². The molecule has 0 bridgehead atoms. The lowest BCUT2D eigenvalue weighted by Crippen LogP contribution is -2.41. The van der Waals surface area contributed by atoms with E-state index in [1.807, 2.05) is 36.9 Å². The van der Waals surface area contributed by atoms with Crippen LogP contribution in [0.5, 0.6) is 0 Å². The molecule has 0 atom stereocenters. The normalized spacial score (nSPS) is 15.2. The van der Waals surface area contributed by atoms with E-state index in [0.717, 1.165) is 36.2 Å². The van der Waals surface area contributed by atoms with Gasteiger partial charge in [0.25, 0.3) is 5.91 Å². The van der Waals surface area contributed by atoms with Gasteiger partial charge in [-0.25, -0.2) is 0 Å². The zero-order valence-electron chi connectivity index (χ0n) is 13.1. The zero-order chi connectivity index (χ0) is 15.2. The lowest BCUT2D eigenvalue weighted by atomic mass is 10.1. The number of carbonyl (C=O) groups is 1. The van der Waals surface area contributed by atoms with Gasteiger partial charge in [0.2, 0.25) is 0 Å². The fraction of sp³-hybridized carbons (Fsp3) is 0.588. The number of rotatable bonds is 6. The van der Waals surface area contributed by atoms with Crippen LogP contribution in [0.3, 0.4) is 0 Å². The maximum Gasteiger partial charge on any atom is 0.256 e.